The molecule has 3 aromatic carbocycles. The lowest BCUT2D eigenvalue weighted by molar-refractivity contribution is -0.155. The van der Waals surface area contributed by atoms with Gasteiger partial charge >= 0.3 is 5.97 Å². The summed E-state index contributed by atoms with van der Waals surface area (Å²) in [4.78, 5) is 82.5. The Hall–Kier alpha value is -6.25. The summed E-state index contributed by atoms with van der Waals surface area (Å²) in [7, 11) is 0.892. The SMILES string of the molecule is CCn1c(-c2cccnc2[C@H](C)OC)c2c3cc(ccc31)-c1cc(cc(O[Si](C)(C)C(C)(C)C)c1)C[C@H](NC(=O)[C@H](C1CCCC1)N(C)C(=O)CN(C)C(=O)[C@H]1C(C3CC3)N1[S@](=O)c1ccc(C)cc1)C(=O)N1CCC[C@H](N1)C(=O)OCC(C)(C)C2. The lowest BCUT2D eigenvalue weighted by atomic mass is 9.84. The third kappa shape index (κ3) is 13.1. The van der Waals surface area contributed by atoms with E-state index in [0.29, 0.717) is 49.3 Å². The van der Waals surface area contributed by atoms with E-state index in [1.807, 2.05) is 50.2 Å². The molecule has 2 saturated carbocycles. The largest absolute Gasteiger partial charge is 0.543 e. The smallest absolute Gasteiger partial charge is 0.324 e. The van der Waals surface area contributed by atoms with Gasteiger partial charge in [0.1, 0.15) is 40.9 Å². The van der Waals surface area contributed by atoms with Crippen molar-refractivity contribution >= 4 is 59.8 Å². The van der Waals surface area contributed by atoms with Crippen molar-refractivity contribution in [3.63, 3.8) is 0 Å². The van der Waals surface area contributed by atoms with Crippen LogP contribution in [0.25, 0.3) is 33.3 Å². The van der Waals surface area contributed by atoms with E-state index in [1.54, 1.807) is 31.7 Å². The highest BCUT2D eigenvalue weighted by molar-refractivity contribution is 7.83. The Kier molecular flexibility index (Phi) is 18.3. The van der Waals surface area contributed by atoms with E-state index < -0.39 is 72.6 Å². The van der Waals surface area contributed by atoms with Crippen molar-refractivity contribution in [2.45, 2.75) is 185 Å². The minimum absolute atomic E-state index is 0.0510. The highest BCUT2D eigenvalue weighted by atomic mass is 32.2. The van der Waals surface area contributed by atoms with Crippen LogP contribution in [0.15, 0.2) is 83.9 Å². The van der Waals surface area contributed by atoms with Crippen LogP contribution in [0.3, 0.4) is 0 Å². The number of benzene rings is 3. The highest BCUT2D eigenvalue weighted by Gasteiger charge is 2.62. The van der Waals surface area contributed by atoms with Gasteiger partial charge in [-0.2, -0.15) is 0 Å². The summed E-state index contributed by atoms with van der Waals surface area (Å²) in [5.74, 6) is -1.38. The molecule has 4 fully saturated rings. The van der Waals surface area contributed by atoms with Crippen LogP contribution >= 0.6 is 0 Å². The molecule has 19 heteroatoms. The van der Waals surface area contributed by atoms with E-state index in [2.05, 4.69) is 106 Å². The molecule has 3 aliphatic heterocycles. The Morgan fingerprint density at radius 3 is 2.35 bits per heavy atom. The number of pyridine rings is 1. The van der Waals surface area contributed by atoms with Crippen LogP contribution in [0.4, 0.5) is 0 Å². The van der Waals surface area contributed by atoms with Gasteiger partial charge in [0.2, 0.25) is 26.0 Å². The third-order valence-corrected chi connectivity index (χ3v) is 25.0. The van der Waals surface area contributed by atoms with Gasteiger partial charge in [-0.1, -0.05) is 77.3 Å². The second kappa shape index (κ2) is 25.1. The van der Waals surface area contributed by atoms with Crippen molar-refractivity contribution in [3.8, 4) is 28.1 Å². The zero-order valence-corrected chi connectivity index (χ0v) is 54.6. The first-order chi connectivity index (χ1) is 40.8. The number of hydrogen-bond acceptors (Lipinski definition) is 11. The number of ether oxygens (including phenoxy) is 2. The lowest BCUT2D eigenvalue weighted by Crippen LogP contribution is -2.62. The first-order valence-corrected chi connectivity index (χ1v) is 35.1. The molecule has 4 amide bonds. The average molecular weight is 1210 g/mol. The number of amides is 4. The molecule has 462 valence electrons. The van der Waals surface area contributed by atoms with Gasteiger partial charge in [0.05, 0.1) is 41.6 Å². The van der Waals surface area contributed by atoms with Crippen molar-refractivity contribution < 1.29 is 42.1 Å². The van der Waals surface area contributed by atoms with Crippen molar-refractivity contribution in [2.24, 2.45) is 17.3 Å². The second-order valence-electron chi connectivity index (χ2n) is 27.3. The molecule has 0 spiro atoms. The fourth-order valence-corrected chi connectivity index (χ4v) is 15.4. The van der Waals surface area contributed by atoms with Crippen LogP contribution < -0.4 is 15.2 Å². The first kappa shape index (κ1) is 62.8. The number of methoxy groups -OCH3 is 1. The molecule has 2 unspecified atom stereocenters. The standard InChI is InChI=1S/C67H90N8O9SSi/c1-14-73-55-30-27-46-37-51(55)52(60(73)50-21-17-31-68-57(50)42(3)82-11)38-67(7,8)40-83-65(80)53-22-18-32-74(70-53)63(78)54(35-43-33-47(46)36-48(34-43)84-86(12,13)66(4,5)6)69-62(77)59(44-19-15-16-20-44)72(10)56(76)39-71(9)64(79)61-58(45-25-26-45)75(61)85(81)49-28-23-41(2)24-29-49/h17,21,23-24,27-31,33-34,36-37,42,44-45,53-54,58-59,61,70H,14-16,18-20,22,25-26,32,35,38-40H2,1-13H3,(H,69,77)/t42-,53-,54-,58?,59-,61+,75?,85+/m0/s1. The molecular formula is C67H90N8O9SSi. The molecule has 5 aromatic rings. The molecule has 17 nitrogen and oxygen atoms in total. The Labute approximate surface area is 511 Å². The van der Waals surface area contributed by atoms with E-state index in [1.165, 1.54) is 14.8 Å². The number of hydrogen-bond donors (Lipinski definition) is 2. The van der Waals surface area contributed by atoms with Crippen LogP contribution in [0.1, 0.15) is 128 Å². The quantitative estimate of drug-likeness (QED) is 0.0544. The molecule has 2 N–H and O–H groups in total. The van der Waals surface area contributed by atoms with Crippen LogP contribution in [0.5, 0.6) is 5.75 Å². The number of cyclic esters (lactones) is 1. The van der Waals surface area contributed by atoms with Gasteiger partial charge in [-0.05, 0) is 166 Å². The molecule has 2 saturated heterocycles. The number of aromatic nitrogens is 2. The molecule has 2 aromatic heterocycles. The number of fused-ring (bicyclic) bond motifs is 6. The summed E-state index contributed by atoms with van der Waals surface area (Å²) in [6, 6.07) is 20.5. The number of carbonyl (C=O) groups excluding carboxylic acids is 5. The van der Waals surface area contributed by atoms with E-state index >= 15 is 9.59 Å². The van der Waals surface area contributed by atoms with Crippen molar-refractivity contribution in [3.05, 3.63) is 101 Å². The van der Waals surface area contributed by atoms with Gasteiger partial charge < -0.3 is 33.6 Å². The second-order valence-corrected chi connectivity index (χ2v) is 33.4. The van der Waals surface area contributed by atoms with E-state index in [0.717, 1.165) is 81.4 Å². The van der Waals surface area contributed by atoms with Crippen molar-refractivity contribution in [1.82, 2.24) is 39.4 Å². The number of hydrazine groups is 1. The van der Waals surface area contributed by atoms with E-state index in [9.17, 15) is 18.6 Å². The first-order valence-electron chi connectivity index (χ1n) is 31.1. The maximum absolute atomic E-state index is 15.4. The summed E-state index contributed by atoms with van der Waals surface area (Å²) < 4.78 is 37.3. The normalized spacial score (nSPS) is 23.0. The van der Waals surface area contributed by atoms with Crippen LogP contribution in [-0.4, -0.2) is 142 Å². The molecule has 8 atom stereocenters. The van der Waals surface area contributed by atoms with Crippen molar-refractivity contribution in [2.75, 3.05) is 40.9 Å². The van der Waals surface area contributed by atoms with Crippen LogP contribution in [0, 0.1) is 24.2 Å². The Bertz CT molecular complexity index is 3400. The summed E-state index contributed by atoms with van der Waals surface area (Å²) in [5.41, 5.74) is 11.2. The zero-order chi connectivity index (χ0) is 61.7. The maximum atomic E-state index is 15.4. The Morgan fingerprint density at radius 1 is 0.953 bits per heavy atom. The fraction of sp³-hybridized carbons (Fsp3) is 0.552. The van der Waals surface area contributed by atoms with Gasteiger partial charge in [0.25, 0.3) is 5.91 Å². The van der Waals surface area contributed by atoms with Gasteiger partial charge in [-0.15, -0.1) is 0 Å². The Morgan fingerprint density at radius 2 is 1.67 bits per heavy atom. The average Bonchev–Trinajstić information content (AvgIpc) is 1.62. The molecular weight excluding hydrogens is 1120 g/mol. The minimum atomic E-state index is -2.47. The summed E-state index contributed by atoms with van der Waals surface area (Å²) in [6.07, 6.45) is 8.11. The van der Waals surface area contributed by atoms with Crippen LogP contribution in [-0.2, 0) is 63.8 Å². The Balaban J connectivity index is 1.02. The highest BCUT2D eigenvalue weighted by Crippen LogP contribution is 2.50. The number of carbonyl (C=O) groups is 5. The molecule has 5 heterocycles. The lowest BCUT2D eigenvalue weighted by Gasteiger charge is -2.37. The maximum Gasteiger partial charge on any atom is 0.324 e. The van der Waals surface area contributed by atoms with Gasteiger partial charge in [-0.25, -0.2) is 13.9 Å². The van der Waals surface area contributed by atoms with Crippen molar-refractivity contribution in [1.29, 1.82) is 0 Å². The number of likely N-dealkylation sites (N-methyl/N-ethyl adjacent to an activating group) is 2. The number of rotatable bonds is 16. The fourth-order valence-electron chi connectivity index (χ4n) is 12.9. The minimum Gasteiger partial charge on any atom is -0.543 e. The van der Waals surface area contributed by atoms with Gasteiger partial charge in [-0.3, -0.25) is 34.0 Å². The van der Waals surface area contributed by atoms with E-state index in [-0.39, 0.29) is 61.0 Å². The summed E-state index contributed by atoms with van der Waals surface area (Å²) in [6.45, 7) is 22.1. The topological polar surface area (TPSA) is 185 Å². The van der Waals surface area contributed by atoms with Gasteiger partial charge in [0, 0.05) is 68.8 Å². The molecule has 86 heavy (non-hydrogen) atoms. The van der Waals surface area contributed by atoms with E-state index in [4.69, 9.17) is 18.9 Å². The van der Waals surface area contributed by atoms with Crippen LogP contribution in [0.2, 0.25) is 18.1 Å². The predicted molar refractivity (Wildman–Crippen MR) is 337 cm³/mol. The molecule has 5 aliphatic rings. The zero-order valence-electron chi connectivity index (χ0n) is 52.8. The molecule has 6 bridgehead atoms. The number of aryl methyl sites for hydroxylation is 2. The third-order valence-electron chi connectivity index (χ3n) is 19.1. The molecule has 0 radical (unpaired) electrons. The summed E-state index contributed by atoms with van der Waals surface area (Å²) in [5, 5.41) is 5.56. The number of nitrogens with zero attached hydrogens (tertiary/aromatic N) is 6. The number of nitrogens with one attached hydrogen (secondary N) is 2. The number of esters is 1. The molecule has 2 aliphatic carbocycles. The molecule has 10 rings (SSSR count). The van der Waals surface area contributed by atoms with Gasteiger partial charge in [0.15, 0.2) is 0 Å². The monoisotopic (exact) mass is 1210 g/mol. The summed E-state index contributed by atoms with van der Waals surface area (Å²) >= 11 is 0. The predicted octanol–water partition coefficient (Wildman–Crippen LogP) is 10.1.